The molecule has 4 nitrogen and oxygen atoms in total. The summed E-state index contributed by atoms with van der Waals surface area (Å²) >= 11 is -2.53. The molecule has 6 heteroatoms. The molecule has 0 aliphatic heterocycles. The highest BCUT2D eigenvalue weighted by molar-refractivity contribution is 7.78. The Labute approximate surface area is 105 Å². The molecule has 0 radical (unpaired) electrons. The van der Waals surface area contributed by atoms with Crippen LogP contribution >= 0.6 is 0 Å². The zero-order chi connectivity index (χ0) is 13.0. The van der Waals surface area contributed by atoms with E-state index in [0.717, 1.165) is 13.1 Å². The molecule has 1 heterocycles. The van der Waals surface area contributed by atoms with E-state index >= 15 is 0 Å². The first-order valence-electron chi connectivity index (χ1n) is 5.95. The van der Waals surface area contributed by atoms with Gasteiger partial charge in [0.25, 0.3) is 0 Å². The van der Waals surface area contributed by atoms with Crippen LogP contribution in [-0.2, 0) is 17.8 Å². The lowest BCUT2D eigenvalue weighted by molar-refractivity contribution is 0.229. The van der Waals surface area contributed by atoms with Crippen LogP contribution in [-0.4, -0.2) is 31.2 Å². The third-order valence-electron chi connectivity index (χ3n) is 3.06. The molecule has 0 saturated heterocycles. The Hall–Kier alpha value is -0.750. The maximum atomic E-state index is 13.2. The smallest absolute Gasteiger partial charge is 0.296 e. The van der Waals surface area contributed by atoms with Gasteiger partial charge in [0, 0.05) is 12.5 Å². The number of nitrogens with zero attached hydrogens (tertiary/aromatic N) is 3. The van der Waals surface area contributed by atoms with Crippen LogP contribution in [0.2, 0.25) is 0 Å². The minimum atomic E-state index is -2.53. The van der Waals surface area contributed by atoms with Gasteiger partial charge < -0.3 is 0 Å². The van der Waals surface area contributed by atoms with Gasteiger partial charge in [-0.2, -0.15) is 4.21 Å². The number of halogens is 1. The Kier molecular flexibility index (Phi) is 5.27. The van der Waals surface area contributed by atoms with Crippen molar-refractivity contribution >= 4 is 11.4 Å². The highest BCUT2D eigenvalue weighted by Gasteiger charge is 2.22. The van der Waals surface area contributed by atoms with Gasteiger partial charge in [0.05, 0.1) is 11.9 Å². The molecule has 0 N–H and O–H groups in total. The van der Waals surface area contributed by atoms with Gasteiger partial charge in [0.2, 0.25) is 0 Å². The zero-order valence-electron chi connectivity index (χ0n) is 10.8. The summed E-state index contributed by atoms with van der Waals surface area (Å²) in [5.74, 6) is 0.528. The monoisotopic (exact) mass is 261 g/mol. The summed E-state index contributed by atoms with van der Waals surface area (Å²) in [6.07, 6.45) is 2.19. The average molecular weight is 261 g/mol. The van der Waals surface area contributed by atoms with E-state index in [0.29, 0.717) is 17.9 Å². The van der Waals surface area contributed by atoms with Crippen LogP contribution in [0.25, 0.3) is 0 Å². The van der Waals surface area contributed by atoms with Crippen LogP contribution in [0.1, 0.15) is 45.3 Å². The molecule has 0 fully saturated rings. The second-order valence-electron chi connectivity index (χ2n) is 3.85. The summed E-state index contributed by atoms with van der Waals surface area (Å²) in [4.78, 5) is 6.30. The summed E-state index contributed by atoms with van der Waals surface area (Å²) in [6, 6.07) is 0.0116. The van der Waals surface area contributed by atoms with Crippen molar-refractivity contribution in [3.63, 3.8) is 0 Å². The van der Waals surface area contributed by atoms with Crippen molar-refractivity contribution in [3.8, 4) is 0 Å². The molecule has 1 rings (SSSR count). The summed E-state index contributed by atoms with van der Waals surface area (Å²) in [5, 5.41) is 0. The van der Waals surface area contributed by atoms with Crippen LogP contribution in [0.4, 0.5) is 3.89 Å². The minimum absolute atomic E-state index is 0.0116. The van der Waals surface area contributed by atoms with E-state index in [-0.39, 0.29) is 6.04 Å². The van der Waals surface area contributed by atoms with E-state index in [1.165, 1.54) is 3.97 Å². The number of aromatic nitrogens is 2. The standard InChI is InChI=1S/C11H20FN3OS/c1-5-11-13-8-10(15(11)17(12)16)9(4)14(6-2)7-3/h8-9H,5-7H2,1-4H3. The predicted molar refractivity (Wildman–Crippen MR) is 67.6 cm³/mol. The van der Waals surface area contributed by atoms with E-state index in [1.807, 2.05) is 27.7 Å². The average Bonchev–Trinajstić information content (AvgIpc) is 2.73. The Morgan fingerprint density at radius 3 is 2.47 bits per heavy atom. The van der Waals surface area contributed by atoms with Crippen molar-refractivity contribution in [2.45, 2.75) is 40.2 Å². The van der Waals surface area contributed by atoms with Crippen molar-refractivity contribution in [1.82, 2.24) is 13.9 Å². The predicted octanol–water partition coefficient (Wildman–Crippen LogP) is 2.24. The van der Waals surface area contributed by atoms with Crippen molar-refractivity contribution in [3.05, 3.63) is 17.7 Å². The lowest BCUT2D eigenvalue weighted by Gasteiger charge is -2.26. The molecule has 0 saturated carbocycles. The van der Waals surface area contributed by atoms with Crippen LogP contribution in [0.3, 0.4) is 0 Å². The minimum Gasteiger partial charge on any atom is -0.296 e. The molecule has 2 unspecified atom stereocenters. The lowest BCUT2D eigenvalue weighted by atomic mass is 10.2. The van der Waals surface area contributed by atoms with E-state index in [9.17, 15) is 8.09 Å². The van der Waals surface area contributed by atoms with Gasteiger partial charge in [-0.25, -0.2) is 8.96 Å². The van der Waals surface area contributed by atoms with Gasteiger partial charge in [-0.3, -0.25) is 4.90 Å². The summed E-state index contributed by atoms with van der Waals surface area (Å²) < 4.78 is 25.5. The first kappa shape index (κ1) is 14.3. The first-order valence-corrected chi connectivity index (χ1v) is 6.96. The fourth-order valence-corrected chi connectivity index (χ4v) is 2.74. The quantitative estimate of drug-likeness (QED) is 0.737. The van der Waals surface area contributed by atoms with Gasteiger partial charge in [0.1, 0.15) is 5.82 Å². The first-order chi connectivity index (χ1) is 8.06. The topological polar surface area (TPSA) is 38.1 Å². The largest absolute Gasteiger partial charge is 0.309 e. The molecule has 0 aliphatic carbocycles. The molecular weight excluding hydrogens is 241 g/mol. The van der Waals surface area contributed by atoms with Crippen molar-refractivity contribution in [1.29, 1.82) is 0 Å². The van der Waals surface area contributed by atoms with Gasteiger partial charge in [0.15, 0.2) is 0 Å². The molecular formula is C11H20FN3OS. The third kappa shape index (κ3) is 2.93. The molecule has 17 heavy (non-hydrogen) atoms. The molecule has 1 aromatic heterocycles. The Bertz CT molecular complexity index is 390. The Balaban J connectivity index is 3.13. The molecule has 1 aromatic rings. The summed E-state index contributed by atoms with van der Waals surface area (Å²) in [5.41, 5.74) is 0.673. The number of hydrogen-bond acceptors (Lipinski definition) is 3. The lowest BCUT2D eigenvalue weighted by Crippen LogP contribution is -2.28. The molecule has 0 spiro atoms. The van der Waals surface area contributed by atoms with Gasteiger partial charge in [-0.15, -0.1) is 3.89 Å². The van der Waals surface area contributed by atoms with Gasteiger partial charge in [-0.05, 0) is 20.0 Å². The molecule has 2 atom stereocenters. The zero-order valence-corrected chi connectivity index (χ0v) is 11.6. The van der Waals surface area contributed by atoms with Crippen molar-refractivity contribution < 1.29 is 8.09 Å². The fraction of sp³-hybridized carbons (Fsp3) is 0.727. The van der Waals surface area contributed by atoms with E-state index in [4.69, 9.17) is 0 Å². The van der Waals surface area contributed by atoms with Crippen LogP contribution in [0.5, 0.6) is 0 Å². The number of aryl methyl sites for hydroxylation is 1. The fourth-order valence-electron chi connectivity index (χ4n) is 2.03. The second-order valence-corrected chi connectivity index (χ2v) is 4.63. The Morgan fingerprint density at radius 1 is 1.47 bits per heavy atom. The molecule has 0 amide bonds. The molecule has 0 aliphatic rings. The van der Waals surface area contributed by atoms with Crippen LogP contribution < -0.4 is 0 Å². The van der Waals surface area contributed by atoms with E-state index in [1.54, 1.807) is 6.20 Å². The van der Waals surface area contributed by atoms with Gasteiger partial charge >= 0.3 is 11.4 Å². The molecule has 98 valence electrons. The van der Waals surface area contributed by atoms with Crippen LogP contribution in [0, 0.1) is 0 Å². The maximum absolute atomic E-state index is 13.2. The van der Waals surface area contributed by atoms with Crippen LogP contribution in [0.15, 0.2) is 6.20 Å². The second kappa shape index (κ2) is 6.26. The van der Waals surface area contributed by atoms with E-state index in [2.05, 4.69) is 9.88 Å². The molecule has 0 bridgehead atoms. The highest BCUT2D eigenvalue weighted by Crippen LogP contribution is 2.22. The number of hydrogen-bond donors (Lipinski definition) is 0. The third-order valence-corrected chi connectivity index (χ3v) is 3.77. The summed E-state index contributed by atoms with van der Waals surface area (Å²) in [7, 11) is 0. The maximum Gasteiger partial charge on any atom is 0.309 e. The highest BCUT2D eigenvalue weighted by atomic mass is 32.2. The number of rotatable bonds is 6. The Morgan fingerprint density at radius 2 is 2.06 bits per heavy atom. The number of imidazole rings is 1. The normalized spacial score (nSPS) is 15.2. The van der Waals surface area contributed by atoms with E-state index < -0.39 is 11.4 Å². The van der Waals surface area contributed by atoms with Gasteiger partial charge in [-0.1, -0.05) is 20.8 Å². The summed E-state index contributed by atoms with van der Waals surface area (Å²) in [6.45, 7) is 9.68. The SMILES string of the molecule is CCc1ncc(C(C)N(CC)CC)n1S(=O)F. The van der Waals surface area contributed by atoms with Crippen molar-refractivity contribution in [2.75, 3.05) is 13.1 Å². The van der Waals surface area contributed by atoms with Crippen molar-refractivity contribution in [2.24, 2.45) is 0 Å². The molecule has 0 aromatic carbocycles.